The van der Waals surface area contributed by atoms with Gasteiger partial charge in [-0.1, -0.05) is 6.92 Å². The molecule has 116 valence electrons. The fourth-order valence-corrected chi connectivity index (χ4v) is 2.42. The molecule has 0 aliphatic heterocycles. The van der Waals surface area contributed by atoms with E-state index in [0.717, 1.165) is 17.8 Å². The number of nitro benzene ring substituents is 1. The van der Waals surface area contributed by atoms with Crippen molar-refractivity contribution in [1.29, 1.82) is 0 Å². The van der Waals surface area contributed by atoms with Gasteiger partial charge in [0.25, 0.3) is 11.6 Å². The van der Waals surface area contributed by atoms with Crippen LogP contribution in [0.15, 0.2) is 12.1 Å². The van der Waals surface area contributed by atoms with Crippen LogP contribution in [0.1, 0.15) is 23.7 Å². The number of non-ortho nitro benzene ring substituents is 1. The van der Waals surface area contributed by atoms with E-state index in [1.54, 1.807) is 6.92 Å². The van der Waals surface area contributed by atoms with Crippen LogP contribution in [-0.4, -0.2) is 37.2 Å². The van der Waals surface area contributed by atoms with Gasteiger partial charge in [0.1, 0.15) is 5.52 Å². The zero-order valence-corrected chi connectivity index (χ0v) is 12.3. The largest absolute Gasteiger partial charge is 0.481 e. The summed E-state index contributed by atoms with van der Waals surface area (Å²) in [6, 6.07) is 2.56. The zero-order chi connectivity index (χ0) is 16.3. The van der Waals surface area contributed by atoms with Gasteiger partial charge in [0, 0.05) is 24.6 Å². The molecule has 1 aromatic carbocycles. The van der Waals surface area contributed by atoms with Gasteiger partial charge in [-0.05, 0) is 12.0 Å². The van der Waals surface area contributed by atoms with Crippen molar-refractivity contribution < 1.29 is 19.6 Å². The van der Waals surface area contributed by atoms with Gasteiger partial charge in [-0.3, -0.25) is 19.7 Å². The highest BCUT2D eigenvalue weighted by Crippen LogP contribution is 2.25. The Morgan fingerprint density at radius 2 is 2.18 bits per heavy atom. The number of aromatic nitrogens is 2. The van der Waals surface area contributed by atoms with Crippen molar-refractivity contribution in [3.63, 3.8) is 0 Å². The monoisotopic (exact) mass is 324 g/mol. The van der Waals surface area contributed by atoms with Crippen molar-refractivity contribution in [2.24, 2.45) is 5.92 Å². The number of nitrogens with one attached hydrogen (secondary N) is 1. The molecular formula is C12H12N4O5S. The van der Waals surface area contributed by atoms with Crippen LogP contribution >= 0.6 is 11.7 Å². The molecule has 0 spiro atoms. The normalized spacial score (nSPS) is 12.0. The van der Waals surface area contributed by atoms with Gasteiger partial charge in [-0.2, -0.15) is 8.75 Å². The molecule has 0 saturated heterocycles. The Morgan fingerprint density at radius 3 is 2.82 bits per heavy atom. The topological polar surface area (TPSA) is 135 Å². The maximum Gasteiger partial charge on any atom is 0.303 e. The van der Waals surface area contributed by atoms with E-state index in [9.17, 15) is 19.7 Å². The summed E-state index contributed by atoms with van der Waals surface area (Å²) in [7, 11) is 0. The molecule has 1 heterocycles. The highest BCUT2D eigenvalue weighted by Gasteiger charge is 2.20. The number of amides is 1. The molecule has 9 nitrogen and oxygen atoms in total. The van der Waals surface area contributed by atoms with Crippen LogP contribution < -0.4 is 5.32 Å². The Hall–Kier alpha value is -2.62. The summed E-state index contributed by atoms with van der Waals surface area (Å²) in [5, 5.41) is 22.2. The first-order chi connectivity index (χ1) is 10.4. The fourth-order valence-electron chi connectivity index (χ4n) is 1.88. The van der Waals surface area contributed by atoms with Gasteiger partial charge in [-0.25, -0.2) is 0 Å². The van der Waals surface area contributed by atoms with Crippen LogP contribution in [0.4, 0.5) is 5.69 Å². The highest BCUT2D eigenvalue weighted by molar-refractivity contribution is 7.00. The summed E-state index contributed by atoms with van der Waals surface area (Å²) < 4.78 is 7.75. The number of carbonyl (C=O) groups is 2. The first-order valence-electron chi connectivity index (χ1n) is 6.29. The van der Waals surface area contributed by atoms with Crippen molar-refractivity contribution >= 4 is 40.3 Å². The van der Waals surface area contributed by atoms with Gasteiger partial charge < -0.3 is 10.4 Å². The minimum atomic E-state index is -0.952. The van der Waals surface area contributed by atoms with Gasteiger partial charge in [0.05, 0.1) is 16.7 Å². The fraction of sp³-hybridized carbons (Fsp3) is 0.333. The second-order valence-corrected chi connectivity index (χ2v) is 5.33. The number of carbonyl (C=O) groups excluding carboxylic acids is 1. The smallest absolute Gasteiger partial charge is 0.303 e. The van der Waals surface area contributed by atoms with Crippen molar-refractivity contribution in [3.8, 4) is 0 Å². The lowest BCUT2D eigenvalue weighted by molar-refractivity contribution is -0.383. The number of nitro groups is 1. The zero-order valence-electron chi connectivity index (χ0n) is 11.5. The lowest BCUT2D eigenvalue weighted by Crippen LogP contribution is -2.29. The molecule has 2 aromatic rings. The SMILES string of the molecule is CC(CNC(=O)c1cc([N+](=O)[O-])c2nsnc2c1)CC(=O)O. The molecule has 0 fully saturated rings. The minimum absolute atomic E-state index is 0.0739. The molecule has 0 radical (unpaired) electrons. The Balaban J connectivity index is 2.18. The van der Waals surface area contributed by atoms with E-state index in [4.69, 9.17) is 5.11 Å². The number of hydrogen-bond acceptors (Lipinski definition) is 7. The van der Waals surface area contributed by atoms with Crippen LogP contribution in [0.5, 0.6) is 0 Å². The predicted molar refractivity (Wildman–Crippen MR) is 77.8 cm³/mol. The lowest BCUT2D eigenvalue weighted by atomic mass is 10.1. The Labute approximate surface area is 128 Å². The Bertz CT molecular complexity index is 744. The van der Waals surface area contributed by atoms with Crippen molar-refractivity contribution in [2.75, 3.05) is 6.54 Å². The third-order valence-corrected chi connectivity index (χ3v) is 3.48. The third-order valence-electron chi connectivity index (χ3n) is 2.93. The number of benzene rings is 1. The summed E-state index contributed by atoms with van der Waals surface area (Å²) in [6.07, 6.45) is -0.0739. The molecular weight excluding hydrogens is 312 g/mol. The van der Waals surface area contributed by atoms with Gasteiger partial charge >= 0.3 is 5.97 Å². The quantitative estimate of drug-likeness (QED) is 0.606. The summed E-state index contributed by atoms with van der Waals surface area (Å²) >= 11 is 0.829. The first-order valence-corrected chi connectivity index (χ1v) is 7.02. The van der Waals surface area contributed by atoms with Gasteiger partial charge in [0.15, 0.2) is 5.52 Å². The number of nitrogens with zero attached hydrogens (tertiary/aromatic N) is 3. The molecule has 0 saturated carbocycles. The molecule has 0 bridgehead atoms. The molecule has 1 amide bonds. The maximum absolute atomic E-state index is 12.0. The van der Waals surface area contributed by atoms with E-state index in [0.29, 0.717) is 0 Å². The third kappa shape index (κ3) is 3.52. The van der Waals surface area contributed by atoms with Gasteiger partial charge in [0.2, 0.25) is 0 Å². The average molecular weight is 324 g/mol. The molecule has 2 N–H and O–H groups in total. The Kier molecular flexibility index (Phi) is 4.61. The number of rotatable bonds is 6. The molecule has 10 heteroatoms. The van der Waals surface area contributed by atoms with E-state index < -0.39 is 16.8 Å². The van der Waals surface area contributed by atoms with E-state index in [1.165, 1.54) is 6.07 Å². The lowest BCUT2D eigenvalue weighted by Gasteiger charge is -2.10. The predicted octanol–water partition coefficient (Wildman–Crippen LogP) is 1.44. The first kappa shape index (κ1) is 15.8. The summed E-state index contributed by atoms with van der Waals surface area (Å²) in [6.45, 7) is 1.84. The highest BCUT2D eigenvalue weighted by atomic mass is 32.1. The Morgan fingerprint density at radius 1 is 1.45 bits per heavy atom. The van der Waals surface area contributed by atoms with Crippen LogP contribution in [0.2, 0.25) is 0 Å². The maximum atomic E-state index is 12.0. The van der Waals surface area contributed by atoms with Crippen LogP contribution in [0.25, 0.3) is 11.0 Å². The molecule has 1 unspecified atom stereocenters. The molecule has 0 aliphatic rings. The number of fused-ring (bicyclic) bond motifs is 1. The van der Waals surface area contributed by atoms with Crippen LogP contribution in [0, 0.1) is 16.0 Å². The molecule has 22 heavy (non-hydrogen) atoms. The molecule has 1 atom stereocenters. The number of carboxylic acid groups (broad SMARTS) is 1. The van der Waals surface area contributed by atoms with E-state index in [1.807, 2.05) is 0 Å². The van der Waals surface area contributed by atoms with E-state index in [2.05, 4.69) is 14.1 Å². The number of aliphatic carboxylic acids is 1. The second-order valence-electron chi connectivity index (χ2n) is 4.80. The van der Waals surface area contributed by atoms with Crippen LogP contribution in [-0.2, 0) is 4.79 Å². The minimum Gasteiger partial charge on any atom is -0.481 e. The number of hydrogen-bond donors (Lipinski definition) is 2. The molecule has 2 rings (SSSR count). The average Bonchev–Trinajstić information content (AvgIpc) is 2.90. The van der Waals surface area contributed by atoms with E-state index in [-0.39, 0.29) is 41.2 Å². The molecule has 1 aromatic heterocycles. The van der Waals surface area contributed by atoms with Crippen molar-refractivity contribution in [3.05, 3.63) is 27.8 Å². The van der Waals surface area contributed by atoms with Crippen molar-refractivity contribution in [2.45, 2.75) is 13.3 Å². The standard InChI is InChI=1S/C12H12N4O5S/c1-6(2-10(17)18)5-13-12(19)7-3-8-11(15-22-14-8)9(4-7)16(20)21/h3-4,6H,2,5H2,1H3,(H,13,19)(H,17,18). The van der Waals surface area contributed by atoms with Crippen LogP contribution in [0.3, 0.4) is 0 Å². The van der Waals surface area contributed by atoms with Gasteiger partial charge in [-0.15, -0.1) is 0 Å². The summed E-state index contributed by atoms with van der Waals surface area (Å²) in [4.78, 5) is 33.0. The summed E-state index contributed by atoms with van der Waals surface area (Å²) in [5.41, 5.74) is 0.234. The number of carboxylic acids is 1. The summed E-state index contributed by atoms with van der Waals surface area (Å²) in [5.74, 6) is -1.72. The van der Waals surface area contributed by atoms with Crippen molar-refractivity contribution in [1.82, 2.24) is 14.1 Å². The van der Waals surface area contributed by atoms with E-state index >= 15 is 0 Å². The second kappa shape index (κ2) is 6.43. The molecule has 0 aliphatic carbocycles.